The smallest absolute Gasteiger partial charge is 1.00 e. The first-order valence-corrected chi connectivity index (χ1v) is 7.67. The van der Waals surface area contributed by atoms with Gasteiger partial charge in [-0.1, -0.05) is 77.2 Å². The number of allylic oxidation sites excluding steroid dienone is 1. The molecule has 110 valence electrons. The van der Waals surface area contributed by atoms with Crippen LogP contribution in [0.4, 0.5) is 0 Å². The van der Waals surface area contributed by atoms with Crippen LogP contribution in [0, 0.1) is 0 Å². The number of carboxylic acid groups (broad SMARTS) is 1. The molecule has 2 nitrogen and oxygen atoms in total. The molecule has 0 aliphatic heterocycles. The minimum atomic E-state index is -0.835. The molecule has 19 heavy (non-hydrogen) atoms. The summed E-state index contributed by atoms with van der Waals surface area (Å²) in [5.41, 5.74) is 0. The average Bonchev–Trinajstić information content (AvgIpc) is 2.34. The van der Waals surface area contributed by atoms with Gasteiger partial charge in [-0.05, 0) is 12.8 Å². The third-order valence-corrected chi connectivity index (χ3v) is 3.23. The Morgan fingerprint density at radius 2 is 1.32 bits per heavy atom. The fourth-order valence-electron chi connectivity index (χ4n) is 2.11. The van der Waals surface area contributed by atoms with Gasteiger partial charge in [0.15, 0.2) is 0 Å². The molecule has 0 aliphatic rings. The fourth-order valence-corrected chi connectivity index (χ4v) is 2.11. The maximum absolute atomic E-state index is 10.2. The summed E-state index contributed by atoms with van der Waals surface area (Å²) in [7, 11) is 0. The van der Waals surface area contributed by atoms with Gasteiger partial charge in [-0.3, -0.25) is 0 Å². The zero-order valence-electron chi connectivity index (χ0n) is 14.7. The number of carboxylic acids is 1. The number of hydrogen-bond acceptors (Lipinski definition) is 1. The van der Waals surface area contributed by atoms with Crippen molar-refractivity contribution in [2.24, 2.45) is 0 Å². The summed E-state index contributed by atoms with van der Waals surface area (Å²) in [6, 6.07) is 0. The maximum Gasteiger partial charge on any atom is 2.00 e. The van der Waals surface area contributed by atoms with E-state index >= 15 is 0 Å². The first kappa shape index (κ1) is 21.8. The first-order valence-electron chi connectivity index (χ1n) is 7.67. The predicted octanol–water partition coefficient (Wildman–Crippen LogP) is 5.17. The van der Waals surface area contributed by atoms with Gasteiger partial charge in [0.05, 0.1) is 0 Å². The molecule has 0 spiro atoms. The second-order valence-electron chi connectivity index (χ2n) is 5.06. The van der Waals surface area contributed by atoms with Crippen LogP contribution in [0.3, 0.4) is 0 Å². The Kier molecular flexibility index (Phi) is 21.2. The third-order valence-electron chi connectivity index (χ3n) is 3.23. The van der Waals surface area contributed by atoms with Gasteiger partial charge in [0.2, 0.25) is 0 Å². The monoisotopic (exact) mass is 296 g/mol. The van der Waals surface area contributed by atoms with Crippen molar-refractivity contribution in [3.63, 3.8) is 0 Å². The van der Waals surface area contributed by atoms with Gasteiger partial charge in [0.25, 0.3) is 0 Å². The number of rotatable bonds is 13. The van der Waals surface area contributed by atoms with Gasteiger partial charge in [-0.15, -0.1) is 0 Å². The van der Waals surface area contributed by atoms with Crippen molar-refractivity contribution in [3.05, 3.63) is 12.2 Å². The minimum Gasteiger partial charge on any atom is -1.00 e. The Morgan fingerprint density at radius 3 is 1.74 bits per heavy atom. The molecule has 0 aromatic heterocycles. The SMILES string of the molecule is CCCCCCCCCCCCCC=CC(=O)O.[Ca+2].[H-].[H-]. The van der Waals surface area contributed by atoms with Crippen molar-refractivity contribution in [2.45, 2.75) is 84.0 Å². The molecule has 0 rings (SSSR count). The van der Waals surface area contributed by atoms with Crippen LogP contribution >= 0.6 is 0 Å². The Balaban J connectivity index is -0.000000482. The topological polar surface area (TPSA) is 37.3 Å². The molecule has 0 radical (unpaired) electrons. The summed E-state index contributed by atoms with van der Waals surface area (Å²) < 4.78 is 0. The molecular formula is C16H32CaO2. The van der Waals surface area contributed by atoms with Gasteiger partial charge in [-0.2, -0.15) is 0 Å². The largest absolute Gasteiger partial charge is 2.00 e. The number of carbonyl (C=O) groups is 1. The molecule has 0 saturated carbocycles. The quantitative estimate of drug-likeness (QED) is 0.289. The molecule has 0 amide bonds. The van der Waals surface area contributed by atoms with Gasteiger partial charge < -0.3 is 7.96 Å². The zero-order valence-corrected chi connectivity index (χ0v) is 14.9. The normalized spacial score (nSPS) is 10.6. The van der Waals surface area contributed by atoms with E-state index in [0.717, 1.165) is 12.8 Å². The summed E-state index contributed by atoms with van der Waals surface area (Å²) >= 11 is 0. The number of aliphatic carboxylic acids is 1. The van der Waals surface area contributed by atoms with Crippen LogP contribution in [0.25, 0.3) is 0 Å². The molecule has 0 unspecified atom stereocenters. The van der Waals surface area contributed by atoms with E-state index in [9.17, 15) is 4.79 Å². The summed E-state index contributed by atoms with van der Waals surface area (Å²) in [5, 5.41) is 8.40. The Bertz CT molecular complexity index is 224. The molecule has 0 saturated heterocycles. The Labute approximate surface area is 152 Å². The molecule has 0 fully saturated rings. The summed E-state index contributed by atoms with van der Waals surface area (Å²) in [6.45, 7) is 2.26. The predicted molar refractivity (Wildman–Crippen MR) is 85.8 cm³/mol. The summed E-state index contributed by atoms with van der Waals surface area (Å²) in [4.78, 5) is 10.2. The average molecular weight is 297 g/mol. The van der Waals surface area contributed by atoms with Crippen molar-refractivity contribution in [1.82, 2.24) is 0 Å². The molecule has 1 N–H and O–H groups in total. The summed E-state index contributed by atoms with van der Waals surface area (Å²) in [5.74, 6) is -0.835. The van der Waals surface area contributed by atoms with Crippen LogP contribution in [0.1, 0.15) is 86.8 Å². The van der Waals surface area contributed by atoms with Crippen molar-refractivity contribution >= 4 is 43.7 Å². The van der Waals surface area contributed by atoms with E-state index in [-0.39, 0.29) is 40.6 Å². The zero-order chi connectivity index (χ0) is 13.5. The van der Waals surface area contributed by atoms with Gasteiger partial charge in [0, 0.05) is 6.08 Å². The molecule has 0 aromatic carbocycles. The third kappa shape index (κ3) is 20.9. The van der Waals surface area contributed by atoms with Crippen LogP contribution in [-0.2, 0) is 4.79 Å². The van der Waals surface area contributed by atoms with Crippen LogP contribution in [0.5, 0.6) is 0 Å². The van der Waals surface area contributed by atoms with Crippen LogP contribution in [-0.4, -0.2) is 48.8 Å². The standard InChI is InChI=1S/C16H30O2.Ca.2H/c1-2-3-4-5-6-7-8-9-10-11-12-13-14-15-16(17)18;;;/h14-15H,2-13H2,1H3,(H,17,18);;;/q;+2;2*-1. The van der Waals surface area contributed by atoms with E-state index in [1.165, 1.54) is 70.3 Å². The van der Waals surface area contributed by atoms with Crippen molar-refractivity contribution < 1.29 is 12.8 Å². The Hall–Kier alpha value is 0.470. The Morgan fingerprint density at radius 1 is 0.895 bits per heavy atom. The van der Waals surface area contributed by atoms with Gasteiger partial charge in [0.1, 0.15) is 0 Å². The molecule has 0 heterocycles. The van der Waals surface area contributed by atoms with Gasteiger partial charge >= 0.3 is 43.7 Å². The van der Waals surface area contributed by atoms with E-state index in [4.69, 9.17) is 5.11 Å². The fraction of sp³-hybridized carbons (Fsp3) is 0.812. The molecule has 3 heteroatoms. The number of hydrogen-bond donors (Lipinski definition) is 1. The maximum atomic E-state index is 10.2. The van der Waals surface area contributed by atoms with Crippen molar-refractivity contribution in [1.29, 1.82) is 0 Å². The number of unbranched alkanes of at least 4 members (excludes halogenated alkanes) is 11. The molecule has 0 atom stereocenters. The van der Waals surface area contributed by atoms with E-state index in [1.54, 1.807) is 6.08 Å². The second-order valence-corrected chi connectivity index (χ2v) is 5.06. The van der Waals surface area contributed by atoms with Crippen molar-refractivity contribution in [2.75, 3.05) is 0 Å². The molecule has 0 aliphatic carbocycles. The van der Waals surface area contributed by atoms with Crippen molar-refractivity contribution in [3.8, 4) is 0 Å². The van der Waals surface area contributed by atoms with Crippen LogP contribution in [0.15, 0.2) is 12.2 Å². The second kappa shape index (κ2) is 18.5. The summed E-state index contributed by atoms with van der Waals surface area (Å²) in [6.07, 6.45) is 18.6. The van der Waals surface area contributed by atoms with Gasteiger partial charge in [-0.25, -0.2) is 4.79 Å². The minimum absolute atomic E-state index is 0. The van der Waals surface area contributed by atoms with E-state index in [1.807, 2.05) is 0 Å². The molecule has 0 bridgehead atoms. The molecular weight excluding hydrogens is 264 g/mol. The van der Waals surface area contributed by atoms with E-state index < -0.39 is 5.97 Å². The van der Waals surface area contributed by atoms with E-state index in [2.05, 4.69) is 6.92 Å². The first-order chi connectivity index (χ1) is 8.77. The van der Waals surface area contributed by atoms with Crippen LogP contribution in [0.2, 0.25) is 0 Å². The van der Waals surface area contributed by atoms with Crippen LogP contribution < -0.4 is 0 Å². The van der Waals surface area contributed by atoms with E-state index in [0.29, 0.717) is 0 Å². The molecule has 0 aromatic rings.